The van der Waals surface area contributed by atoms with Gasteiger partial charge in [-0.05, 0) is 56.0 Å². The van der Waals surface area contributed by atoms with Gasteiger partial charge in [0.2, 0.25) is 5.91 Å². The van der Waals surface area contributed by atoms with Crippen LogP contribution in [0.5, 0.6) is 5.75 Å². The van der Waals surface area contributed by atoms with Gasteiger partial charge < -0.3 is 10.0 Å². The molecule has 2 fully saturated rings. The van der Waals surface area contributed by atoms with Crippen molar-refractivity contribution in [2.45, 2.75) is 44.3 Å². The number of hydrogen-bond donors (Lipinski definition) is 1. The fourth-order valence-electron chi connectivity index (χ4n) is 3.86. The Morgan fingerprint density at radius 3 is 2.41 bits per heavy atom. The molecule has 0 radical (unpaired) electrons. The van der Waals surface area contributed by atoms with Crippen molar-refractivity contribution in [1.82, 2.24) is 15.1 Å². The van der Waals surface area contributed by atoms with Crippen molar-refractivity contribution in [2.75, 3.05) is 6.54 Å². The van der Waals surface area contributed by atoms with Gasteiger partial charge in [-0.1, -0.05) is 0 Å². The second kappa shape index (κ2) is 5.94. The van der Waals surface area contributed by atoms with Gasteiger partial charge in [-0.15, -0.1) is 0 Å². The highest BCUT2D eigenvalue weighted by molar-refractivity contribution is 5.79. The average molecular weight is 377 g/mol. The summed E-state index contributed by atoms with van der Waals surface area (Å²) in [5.41, 5.74) is 0.173. The summed E-state index contributed by atoms with van der Waals surface area (Å²) in [6.45, 7) is 2.20. The number of carbonyl (C=O) groups is 1. The second-order valence-electron chi connectivity index (χ2n) is 7.17. The molecule has 2 heterocycles. The van der Waals surface area contributed by atoms with E-state index < -0.39 is 23.0 Å². The topological polar surface area (TPSA) is 66.3 Å². The summed E-state index contributed by atoms with van der Waals surface area (Å²) in [6.07, 6.45) is -1.48. The first-order valence-electron chi connectivity index (χ1n) is 8.78. The van der Waals surface area contributed by atoms with Gasteiger partial charge in [0.1, 0.15) is 5.75 Å². The van der Waals surface area contributed by atoms with Gasteiger partial charge in [0.25, 0.3) is 0 Å². The van der Waals surface area contributed by atoms with Gasteiger partial charge >= 0.3 is 6.18 Å². The van der Waals surface area contributed by atoms with E-state index >= 15 is 0 Å². The largest absolute Gasteiger partial charge is 0.507 e. The highest BCUT2D eigenvalue weighted by Crippen LogP contribution is 2.51. The zero-order chi connectivity index (χ0) is 19.4. The number of phenols is 1. The van der Waals surface area contributed by atoms with Crippen molar-refractivity contribution < 1.29 is 23.1 Å². The molecule has 142 valence electrons. The van der Waals surface area contributed by atoms with Crippen molar-refractivity contribution in [2.24, 2.45) is 0 Å². The normalized spacial score (nSPS) is 18.8. The molecule has 8 heteroatoms. The van der Waals surface area contributed by atoms with Crippen molar-refractivity contribution in [3.63, 3.8) is 0 Å². The SMILES string of the molecule is Cc1cc(C(F)(F)F)cc(O)c1-c1ccc(C2(N3CCCC3=O)CC2)nn1. The number of nitrogens with zero attached hydrogens (tertiary/aromatic N) is 3. The molecule has 1 saturated carbocycles. The Hall–Kier alpha value is -2.64. The molecular formula is C19H18F3N3O2. The minimum absolute atomic E-state index is 0.120. The quantitative estimate of drug-likeness (QED) is 0.884. The third kappa shape index (κ3) is 2.93. The van der Waals surface area contributed by atoms with E-state index in [9.17, 15) is 23.1 Å². The van der Waals surface area contributed by atoms with Crippen LogP contribution in [0.2, 0.25) is 0 Å². The van der Waals surface area contributed by atoms with Gasteiger partial charge in [-0.2, -0.15) is 23.4 Å². The minimum atomic E-state index is -4.53. The highest BCUT2D eigenvalue weighted by atomic mass is 19.4. The maximum Gasteiger partial charge on any atom is 0.416 e. The van der Waals surface area contributed by atoms with E-state index in [4.69, 9.17) is 0 Å². The Balaban J connectivity index is 1.67. The Morgan fingerprint density at radius 2 is 1.93 bits per heavy atom. The molecule has 4 rings (SSSR count). The van der Waals surface area contributed by atoms with Gasteiger partial charge in [-0.25, -0.2) is 0 Å². The molecule has 1 N–H and O–H groups in total. The lowest BCUT2D eigenvalue weighted by Gasteiger charge is -2.27. The van der Waals surface area contributed by atoms with Crippen LogP contribution in [-0.2, 0) is 16.5 Å². The number of phenolic OH excluding ortho intramolecular Hbond substituents is 1. The van der Waals surface area contributed by atoms with E-state index in [1.165, 1.54) is 6.92 Å². The number of halogens is 3. The first-order chi connectivity index (χ1) is 12.7. The molecule has 1 amide bonds. The summed E-state index contributed by atoms with van der Waals surface area (Å²) < 4.78 is 38.6. The standard InChI is InChI=1S/C19H18F3N3O2/c1-11-9-12(19(20,21)22)10-14(26)17(11)13-4-5-15(24-23-13)18(6-7-18)25-8-2-3-16(25)27/h4-5,9-10,26H,2-3,6-8H2,1H3. The summed E-state index contributed by atoms with van der Waals surface area (Å²) in [5, 5.41) is 18.5. The average Bonchev–Trinajstić information content (AvgIpc) is 3.29. The number of amides is 1. The maximum absolute atomic E-state index is 12.9. The summed E-state index contributed by atoms with van der Waals surface area (Å²) >= 11 is 0. The van der Waals surface area contributed by atoms with Crippen LogP contribution in [0.15, 0.2) is 24.3 Å². The van der Waals surface area contributed by atoms with E-state index in [0.717, 1.165) is 25.3 Å². The zero-order valence-corrected chi connectivity index (χ0v) is 14.7. The van der Waals surface area contributed by atoms with Crippen LogP contribution >= 0.6 is 0 Å². The molecule has 0 atom stereocenters. The van der Waals surface area contributed by atoms with Gasteiger partial charge in [0.15, 0.2) is 0 Å². The Morgan fingerprint density at radius 1 is 1.19 bits per heavy atom. The number of aromatic hydroxyl groups is 1. The number of benzene rings is 1. The summed E-state index contributed by atoms with van der Waals surface area (Å²) in [5.74, 6) is -0.366. The second-order valence-corrected chi connectivity index (χ2v) is 7.17. The summed E-state index contributed by atoms with van der Waals surface area (Å²) in [6, 6.07) is 5.06. The van der Waals surface area contributed by atoms with Crippen molar-refractivity contribution in [1.29, 1.82) is 0 Å². The maximum atomic E-state index is 12.9. The number of aryl methyl sites for hydroxylation is 1. The molecule has 1 saturated heterocycles. The van der Waals surface area contributed by atoms with Crippen molar-refractivity contribution >= 4 is 5.91 Å². The first kappa shape index (κ1) is 17.8. The molecule has 2 aromatic rings. The molecule has 1 aromatic heterocycles. The molecule has 0 bridgehead atoms. The van der Waals surface area contributed by atoms with Crippen LogP contribution in [0.3, 0.4) is 0 Å². The van der Waals surface area contributed by atoms with E-state index in [1.54, 1.807) is 12.1 Å². The number of likely N-dealkylation sites (tertiary alicyclic amines) is 1. The number of rotatable bonds is 3. The Labute approximate surface area is 153 Å². The van der Waals surface area contributed by atoms with Crippen molar-refractivity contribution in [3.8, 4) is 17.0 Å². The fourth-order valence-corrected chi connectivity index (χ4v) is 3.86. The Kier molecular flexibility index (Phi) is 3.90. The lowest BCUT2D eigenvalue weighted by Crippen LogP contribution is -2.37. The van der Waals surface area contributed by atoms with Gasteiger partial charge in [-0.3, -0.25) is 4.79 Å². The first-order valence-corrected chi connectivity index (χ1v) is 8.78. The molecule has 2 aliphatic rings. The predicted octanol–water partition coefficient (Wildman–Crippen LogP) is 3.79. The van der Waals surface area contributed by atoms with E-state index in [0.29, 0.717) is 30.4 Å². The monoisotopic (exact) mass is 377 g/mol. The van der Waals surface area contributed by atoms with Gasteiger partial charge in [0, 0.05) is 18.5 Å². The zero-order valence-electron chi connectivity index (χ0n) is 14.7. The van der Waals surface area contributed by atoms with E-state index in [1.807, 2.05) is 4.90 Å². The third-order valence-electron chi connectivity index (χ3n) is 5.35. The molecule has 1 aliphatic carbocycles. The Bertz CT molecular complexity index is 882. The summed E-state index contributed by atoms with van der Waals surface area (Å²) in [7, 11) is 0. The molecule has 5 nitrogen and oxygen atoms in total. The fraction of sp³-hybridized carbons (Fsp3) is 0.421. The molecule has 0 spiro atoms. The van der Waals surface area contributed by atoms with Crippen molar-refractivity contribution in [3.05, 3.63) is 41.1 Å². The molecular weight excluding hydrogens is 359 g/mol. The van der Waals surface area contributed by atoms with Crippen LogP contribution in [0.1, 0.15) is 42.5 Å². The third-order valence-corrected chi connectivity index (χ3v) is 5.35. The lowest BCUT2D eigenvalue weighted by molar-refractivity contribution is -0.137. The number of alkyl halides is 3. The minimum Gasteiger partial charge on any atom is -0.507 e. The summed E-state index contributed by atoms with van der Waals surface area (Å²) in [4.78, 5) is 13.9. The molecule has 1 aliphatic heterocycles. The van der Waals surface area contributed by atoms with Crippen LogP contribution in [0.25, 0.3) is 11.3 Å². The molecule has 27 heavy (non-hydrogen) atoms. The van der Waals surface area contributed by atoms with Crippen LogP contribution in [0.4, 0.5) is 13.2 Å². The van der Waals surface area contributed by atoms with Crippen LogP contribution in [0, 0.1) is 6.92 Å². The van der Waals surface area contributed by atoms with Gasteiger partial charge in [0.05, 0.1) is 22.5 Å². The molecule has 0 unspecified atom stereocenters. The smallest absolute Gasteiger partial charge is 0.416 e. The highest BCUT2D eigenvalue weighted by Gasteiger charge is 2.54. The lowest BCUT2D eigenvalue weighted by atomic mass is 10.00. The van der Waals surface area contributed by atoms with E-state index in [2.05, 4.69) is 10.2 Å². The van der Waals surface area contributed by atoms with Crippen LogP contribution in [-0.4, -0.2) is 32.7 Å². The number of hydrogen-bond acceptors (Lipinski definition) is 4. The predicted molar refractivity (Wildman–Crippen MR) is 90.7 cm³/mol. The van der Waals surface area contributed by atoms with E-state index in [-0.39, 0.29) is 17.0 Å². The van der Waals surface area contributed by atoms with Crippen LogP contribution < -0.4 is 0 Å². The number of aromatic nitrogens is 2. The number of carbonyl (C=O) groups excluding carboxylic acids is 1. The molecule has 1 aromatic carbocycles.